The minimum absolute atomic E-state index is 0.157. The van der Waals surface area contributed by atoms with E-state index in [9.17, 15) is 10.1 Å². The number of fused-ring (bicyclic) bond motifs is 1. The summed E-state index contributed by atoms with van der Waals surface area (Å²) in [5.74, 6) is 2.54. The van der Waals surface area contributed by atoms with Crippen LogP contribution in [-0.4, -0.2) is 24.1 Å². The lowest BCUT2D eigenvalue weighted by molar-refractivity contribution is -0.385. The molecule has 3 aromatic carbocycles. The van der Waals surface area contributed by atoms with Gasteiger partial charge < -0.3 is 14.2 Å². The summed E-state index contributed by atoms with van der Waals surface area (Å²) >= 11 is 0. The van der Waals surface area contributed by atoms with Gasteiger partial charge in [0.2, 0.25) is 0 Å². The standard InChI is InChI=1S/C25H22N2O5/c1-30-24-15-20-21(16-25(24)31-2)26-14-13-23(20)32-19-11-8-17(9-12-19)7-10-18-5-3-4-6-22(18)27(28)29/h3-6,8-9,11-16H,7,10H2,1-2H3. The Morgan fingerprint density at radius 3 is 2.31 bits per heavy atom. The fourth-order valence-electron chi connectivity index (χ4n) is 3.57. The number of nitro benzene ring substituents is 1. The maximum Gasteiger partial charge on any atom is 0.272 e. The number of methoxy groups -OCH3 is 2. The number of rotatable bonds is 8. The summed E-state index contributed by atoms with van der Waals surface area (Å²) < 4.78 is 16.9. The molecule has 1 heterocycles. The Kier molecular flexibility index (Phi) is 6.17. The van der Waals surface area contributed by atoms with Crippen LogP contribution >= 0.6 is 0 Å². The first-order valence-electron chi connectivity index (χ1n) is 10.1. The van der Waals surface area contributed by atoms with E-state index in [0.29, 0.717) is 35.8 Å². The van der Waals surface area contributed by atoms with Crippen molar-refractivity contribution in [1.82, 2.24) is 4.98 Å². The van der Waals surface area contributed by atoms with Crippen LogP contribution < -0.4 is 14.2 Å². The van der Waals surface area contributed by atoms with Gasteiger partial charge in [-0.3, -0.25) is 15.1 Å². The predicted octanol–water partition coefficient (Wildman–Crippen LogP) is 5.74. The number of nitrogens with zero attached hydrogens (tertiary/aromatic N) is 2. The van der Waals surface area contributed by atoms with Crippen LogP contribution in [0.1, 0.15) is 11.1 Å². The first-order chi connectivity index (χ1) is 15.6. The highest BCUT2D eigenvalue weighted by atomic mass is 16.6. The molecule has 0 aliphatic carbocycles. The zero-order chi connectivity index (χ0) is 22.5. The van der Waals surface area contributed by atoms with Crippen molar-refractivity contribution >= 4 is 16.6 Å². The predicted molar refractivity (Wildman–Crippen MR) is 122 cm³/mol. The summed E-state index contributed by atoms with van der Waals surface area (Å²) in [4.78, 5) is 15.2. The van der Waals surface area contributed by atoms with E-state index in [4.69, 9.17) is 14.2 Å². The summed E-state index contributed by atoms with van der Waals surface area (Å²) in [6.07, 6.45) is 2.97. The van der Waals surface area contributed by atoms with Crippen LogP contribution in [0.4, 0.5) is 5.69 Å². The van der Waals surface area contributed by atoms with Crippen molar-refractivity contribution in [3.63, 3.8) is 0 Å². The molecule has 0 fully saturated rings. The van der Waals surface area contributed by atoms with Gasteiger partial charge >= 0.3 is 0 Å². The van der Waals surface area contributed by atoms with Crippen molar-refractivity contribution in [2.75, 3.05) is 14.2 Å². The molecule has 0 saturated carbocycles. The highest BCUT2D eigenvalue weighted by Crippen LogP contribution is 2.36. The number of hydrogen-bond acceptors (Lipinski definition) is 6. The summed E-state index contributed by atoms with van der Waals surface area (Å²) in [7, 11) is 3.17. The second-order valence-corrected chi connectivity index (χ2v) is 7.17. The van der Waals surface area contributed by atoms with Gasteiger partial charge in [0.1, 0.15) is 11.5 Å². The van der Waals surface area contributed by atoms with Crippen molar-refractivity contribution in [1.29, 1.82) is 0 Å². The Morgan fingerprint density at radius 2 is 1.59 bits per heavy atom. The Hall–Kier alpha value is -4.13. The summed E-state index contributed by atoms with van der Waals surface area (Å²) in [6, 6.07) is 20.0. The van der Waals surface area contributed by atoms with E-state index in [1.165, 1.54) is 6.07 Å². The van der Waals surface area contributed by atoms with Crippen LogP contribution in [0, 0.1) is 10.1 Å². The van der Waals surface area contributed by atoms with Crippen molar-refractivity contribution in [2.45, 2.75) is 12.8 Å². The molecule has 0 unspecified atom stereocenters. The number of nitro groups is 1. The van der Waals surface area contributed by atoms with Crippen molar-refractivity contribution in [2.24, 2.45) is 0 Å². The van der Waals surface area contributed by atoms with Gasteiger partial charge in [-0.2, -0.15) is 0 Å². The van der Waals surface area contributed by atoms with E-state index in [2.05, 4.69) is 4.98 Å². The number of hydrogen-bond donors (Lipinski definition) is 0. The molecule has 0 radical (unpaired) electrons. The molecule has 7 nitrogen and oxygen atoms in total. The number of para-hydroxylation sites is 1. The fourth-order valence-corrected chi connectivity index (χ4v) is 3.57. The Morgan fingerprint density at radius 1 is 0.875 bits per heavy atom. The van der Waals surface area contributed by atoms with Crippen LogP contribution in [0.5, 0.6) is 23.0 Å². The second kappa shape index (κ2) is 9.34. The largest absolute Gasteiger partial charge is 0.493 e. The molecular formula is C25H22N2O5. The lowest BCUT2D eigenvalue weighted by atomic mass is 10.0. The van der Waals surface area contributed by atoms with Gasteiger partial charge in [0, 0.05) is 29.3 Å². The molecular weight excluding hydrogens is 408 g/mol. The Balaban J connectivity index is 1.51. The van der Waals surface area contributed by atoms with Crippen LogP contribution in [0.15, 0.2) is 72.9 Å². The van der Waals surface area contributed by atoms with Crippen LogP contribution in [0.3, 0.4) is 0 Å². The van der Waals surface area contributed by atoms with Crippen LogP contribution in [-0.2, 0) is 12.8 Å². The number of benzene rings is 3. The first-order valence-corrected chi connectivity index (χ1v) is 10.1. The molecule has 162 valence electrons. The first kappa shape index (κ1) is 21.1. The molecule has 4 aromatic rings. The minimum Gasteiger partial charge on any atom is -0.493 e. The molecule has 0 spiro atoms. The van der Waals surface area contributed by atoms with Crippen molar-refractivity contribution in [3.05, 3.63) is 94.2 Å². The number of ether oxygens (including phenoxy) is 3. The molecule has 7 heteroatoms. The molecule has 0 aliphatic rings. The number of aryl methyl sites for hydroxylation is 2. The molecule has 0 aliphatic heterocycles. The van der Waals surface area contributed by atoms with Gasteiger partial charge in [0.25, 0.3) is 5.69 Å². The van der Waals surface area contributed by atoms with Gasteiger partial charge in [-0.15, -0.1) is 0 Å². The molecule has 0 bridgehead atoms. The SMILES string of the molecule is COc1cc2nccc(Oc3ccc(CCc4ccccc4[N+](=O)[O-])cc3)c2cc1OC. The van der Waals surface area contributed by atoms with Gasteiger partial charge in [-0.1, -0.05) is 30.3 Å². The summed E-state index contributed by atoms with van der Waals surface area (Å²) in [5, 5.41) is 12.0. The average Bonchev–Trinajstić information content (AvgIpc) is 2.83. The monoisotopic (exact) mass is 430 g/mol. The zero-order valence-corrected chi connectivity index (χ0v) is 17.8. The number of aromatic nitrogens is 1. The van der Waals surface area contributed by atoms with E-state index in [1.54, 1.807) is 38.6 Å². The summed E-state index contributed by atoms with van der Waals surface area (Å²) in [5.41, 5.74) is 2.69. The van der Waals surface area contributed by atoms with Crippen LogP contribution in [0.2, 0.25) is 0 Å². The lowest BCUT2D eigenvalue weighted by Crippen LogP contribution is -1.97. The highest BCUT2D eigenvalue weighted by Gasteiger charge is 2.13. The Labute approximate surface area is 185 Å². The van der Waals surface area contributed by atoms with Gasteiger partial charge in [0.05, 0.1) is 24.7 Å². The van der Waals surface area contributed by atoms with E-state index in [-0.39, 0.29) is 10.6 Å². The average molecular weight is 430 g/mol. The topological polar surface area (TPSA) is 83.7 Å². The van der Waals surface area contributed by atoms with E-state index in [1.807, 2.05) is 42.5 Å². The zero-order valence-electron chi connectivity index (χ0n) is 17.8. The van der Waals surface area contributed by atoms with Crippen molar-refractivity contribution in [3.8, 4) is 23.0 Å². The molecule has 0 amide bonds. The second-order valence-electron chi connectivity index (χ2n) is 7.17. The maximum absolute atomic E-state index is 11.2. The maximum atomic E-state index is 11.2. The molecule has 0 atom stereocenters. The molecule has 0 N–H and O–H groups in total. The number of pyridine rings is 1. The lowest BCUT2D eigenvalue weighted by Gasteiger charge is -2.12. The normalized spacial score (nSPS) is 10.7. The minimum atomic E-state index is -0.337. The van der Waals surface area contributed by atoms with Gasteiger partial charge in [-0.05, 0) is 42.7 Å². The third-order valence-electron chi connectivity index (χ3n) is 5.23. The van der Waals surface area contributed by atoms with Gasteiger partial charge in [-0.25, -0.2) is 0 Å². The molecule has 0 saturated heterocycles. The van der Waals surface area contributed by atoms with E-state index >= 15 is 0 Å². The quantitative estimate of drug-likeness (QED) is 0.262. The fraction of sp³-hybridized carbons (Fsp3) is 0.160. The van der Waals surface area contributed by atoms with Gasteiger partial charge in [0.15, 0.2) is 11.5 Å². The molecule has 4 rings (SSSR count). The van der Waals surface area contributed by atoms with Crippen LogP contribution in [0.25, 0.3) is 10.9 Å². The smallest absolute Gasteiger partial charge is 0.272 e. The third kappa shape index (κ3) is 4.46. The molecule has 32 heavy (non-hydrogen) atoms. The van der Waals surface area contributed by atoms with Crippen molar-refractivity contribution < 1.29 is 19.1 Å². The summed E-state index contributed by atoms with van der Waals surface area (Å²) in [6.45, 7) is 0. The van der Waals surface area contributed by atoms with E-state index in [0.717, 1.165) is 22.0 Å². The molecule has 1 aromatic heterocycles. The third-order valence-corrected chi connectivity index (χ3v) is 5.23. The highest BCUT2D eigenvalue weighted by molar-refractivity contribution is 5.88. The Bertz CT molecular complexity index is 1260. The van der Waals surface area contributed by atoms with E-state index < -0.39 is 0 Å².